The molecular weight excluding hydrogens is 375 g/mol. The number of fused-ring (bicyclic) bond motifs is 1. The van der Waals surface area contributed by atoms with Crippen molar-refractivity contribution in [3.05, 3.63) is 54.7 Å². The van der Waals surface area contributed by atoms with Crippen molar-refractivity contribution in [1.82, 2.24) is 9.29 Å². The lowest BCUT2D eigenvalue weighted by Crippen LogP contribution is -2.43. The average molecular weight is 393 g/mol. The zero-order valence-electron chi connectivity index (χ0n) is 14.4. The second-order valence-electron chi connectivity index (χ2n) is 6.21. The molecule has 1 aliphatic rings. The molecule has 0 bridgehead atoms. The maximum Gasteiger partial charge on any atom is 0.573 e. The summed E-state index contributed by atoms with van der Waals surface area (Å²) in [6.07, 6.45) is -2.64. The highest BCUT2D eigenvalue weighted by atomic mass is 32.2. The Morgan fingerprint density at radius 3 is 2.56 bits per heavy atom. The number of piperazine rings is 1. The zero-order chi connectivity index (χ0) is 18.9. The number of benzene rings is 2. The smallest absolute Gasteiger partial charge is 0.406 e. The number of para-hydroxylation sites is 1. The van der Waals surface area contributed by atoms with Crippen LogP contribution >= 0.6 is 11.9 Å². The number of hydrogen-bond donors (Lipinski definition) is 1. The van der Waals surface area contributed by atoms with E-state index in [0.29, 0.717) is 4.90 Å². The molecule has 1 fully saturated rings. The van der Waals surface area contributed by atoms with Crippen molar-refractivity contribution >= 4 is 28.5 Å². The van der Waals surface area contributed by atoms with Crippen LogP contribution in [0.1, 0.15) is 0 Å². The van der Waals surface area contributed by atoms with E-state index in [2.05, 4.69) is 27.2 Å². The first-order valence-electron chi connectivity index (χ1n) is 8.59. The minimum absolute atomic E-state index is 0.216. The van der Waals surface area contributed by atoms with Gasteiger partial charge >= 0.3 is 6.36 Å². The second-order valence-corrected chi connectivity index (χ2v) is 7.26. The molecule has 0 amide bonds. The molecule has 2 heterocycles. The van der Waals surface area contributed by atoms with Gasteiger partial charge in [0.2, 0.25) is 0 Å². The summed E-state index contributed by atoms with van der Waals surface area (Å²) < 4.78 is 43.4. The number of aromatic nitrogens is 1. The Hall–Kier alpha value is -2.32. The van der Waals surface area contributed by atoms with Crippen molar-refractivity contribution in [2.45, 2.75) is 11.3 Å². The third kappa shape index (κ3) is 4.17. The molecule has 0 radical (unpaired) electrons. The van der Waals surface area contributed by atoms with Crippen LogP contribution in [0.5, 0.6) is 5.75 Å². The van der Waals surface area contributed by atoms with Crippen LogP contribution in [0.25, 0.3) is 10.9 Å². The van der Waals surface area contributed by atoms with E-state index in [1.54, 1.807) is 12.1 Å². The highest BCUT2D eigenvalue weighted by Gasteiger charge is 2.31. The number of ether oxygens (including phenoxy) is 1. The Morgan fingerprint density at radius 1 is 1.00 bits per heavy atom. The predicted octanol–water partition coefficient (Wildman–Crippen LogP) is 4.50. The predicted molar refractivity (Wildman–Crippen MR) is 101 cm³/mol. The van der Waals surface area contributed by atoms with E-state index in [9.17, 15) is 13.2 Å². The Balaban J connectivity index is 1.65. The maximum atomic E-state index is 12.5. The minimum Gasteiger partial charge on any atom is -0.406 e. The molecule has 0 spiro atoms. The van der Waals surface area contributed by atoms with Crippen molar-refractivity contribution in [1.29, 1.82) is 0 Å². The van der Waals surface area contributed by atoms with Crippen molar-refractivity contribution in [2.75, 3.05) is 31.1 Å². The van der Waals surface area contributed by atoms with E-state index >= 15 is 0 Å². The number of hydrogen-bond acceptors (Lipinski definition) is 4. The highest BCUT2D eigenvalue weighted by molar-refractivity contribution is 7.98. The average Bonchev–Trinajstić information content (AvgIpc) is 3.00. The lowest BCUT2D eigenvalue weighted by atomic mass is 10.2. The van der Waals surface area contributed by atoms with Crippen LogP contribution < -0.4 is 15.0 Å². The van der Waals surface area contributed by atoms with Gasteiger partial charge in [-0.05, 0) is 36.2 Å². The van der Waals surface area contributed by atoms with Gasteiger partial charge in [-0.15, -0.1) is 13.2 Å². The SMILES string of the molecule is FC(F)(F)Oc1cccc(Sn2cc(N3CCNCC3)c3ccccc32)c1. The van der Waals surface area contributed by atoms with Gasteiger partial charge in [0.05, 0.1) is 11.2 Å². The summed E-state index contributed by atoms with van der Waals surface area (Å²) in [4.78, 5) is 3.00. The Kier molecular flexibility index (Phi) is 4.92. The van der Waals surface area contributed by atoms with Gasteiger partial charge in [0, 0.05) is 42.7 Å². The molecule has 1 aliphatic heterocycles. The molecule has 0 atom stereocenters. The lowest BCUT2D eigenvalue weighted by Gasteiger charge is -2.28. The number of nitrogens with zero attached hydrogens (tertiary/aromatic N) is 2. The summed E-state index contributed by atoms with van der Waals surface area (Å²) in [5.74, 6) is -0.216. The summed E-state index contributed by atoms with van der Waals surface area (Å²) in [6, 6.07) is 14.1. The summed E-state index contributed by atoms with van der Waals surface area (Å²) in [7, 11) is 0. The van der Waals surface area contributed by atoms with Gasteiger partial charge in [-0.25, -0.2) is 0 Å². The minimum atomic E-state index is -4.70. The molecule has 8 heteroatoms. The van der Waals surface area contributed by atoms with Crippen molar-refractivity contribution < 1.29 is 17.9 Å². The Bertz CT molecular complexity index is 935. The molecule has 0 saturated carbocycles. The molecule has 0 unspecified atom stereocenters. The number of rotatable bonds is 4. The van der Waals surface area contributed by atoms with E-state index in [1.165, 1.54) is 24.1 Å². The van der Waals surface area contributed by atoms with Crippen molar-refractivity contribution in [3.63, 3.8) is 0 Å². The van der Waals surface area contributed by atoms with Crippen LogP contribution in [-0.2, 0) is 0 Å². The van der Waals surface area contributed by atoms with Gasteiger partial charge in [0.15, 0.2) is 0 Å². The standard InChI is InChI=1S/C19H18F3N3OS/c20-19(21,22)26-14-4-3-5-15(12-14)27-25-13-18(24-10-8-23-9-11-24)16-6-1-2-7-17(16)25/h1-7,12-13,23H,8-11H2. The maximum absolute atomic E-state index is 12.5. The summed E-state index contributed by atoms with van der Waals surface area (Å²) >= 11 is 1.37. The lowest BCUT2D eigenvalue weighted by molar-refractivity contribution is -0.274. The molecule has 1 N–H and O–H groups in total. The molecule has 3 aromatic rings. The molecule has 1 saturated heterocycles. The normalized spacial score (nSPS) is 15.3. The third-order valence-corrected chi connectivity index (χ3v) is 5.32. The molecule has 4 rings (SSSR count). The Labute approximate surface area is 159 Å². The van der Waals surface area contributed by atoms with Gasteiger partial charge in [-0.1, -0.05) is 24.3 Å². The van der Waals surface area contributed by atoms with Gasteiger partial charge in [-0.2, -0.15) is 0 Å². The zero-order valence-corrected chi connectivity index (χ0v) is 15.2. The number of nitrogens with one attached hydrogen (secondary N) is 1. The fraction of sp³-hybridized carbons (Fsp3) is 0.263. The summed E-state index contributed by atoms with van der Waals surface area (Å²) in [6.45, 7) is 3.72. The van der Waals surface area contributed by atoms with Gasteiger partial charge in [-0.3, -0.25) is 3.97 Å². The first-order chi connectivity index (χ1) is 13.0. The number of anilines is 1. The molecule has 0 aliphatic carbocycles. The number of alkyl halides is 3. The van der Waals surface area contributed by atoms with E-state index in [-0.39, 0.29) is 5.75 Å². The molecule has 4 nitrogen and oxygen atoms in total. The summed E-state index contributed by atoms with van der Waals surface area (Å²) in [5.41, 5.74) is 2.17. The highest BCUT2D eigenvalue weighted by Crippen LogP contribution is 2.35. The van der Waals surface area contributed by atoms with Crippen LogP contribution in [0.15, 0.2) is 59.6 Å². The van der Waals surface area contributed by atoms with Crippen LogP contribution in [0.4, 0.5) is 18.9 Å². The van der Waals surface area contributed by atoms with E-state index in [4.69, 9.17) is 0 Å². The molecular formula is C19H18F3N3OS. The Morgan fingerprint density at radius 2 is 1.78 bits per heavy atom. The molecule has 142 valence electrons. The monoisotopic (exact) mass is 393 g/mol. The van der Waals surface area contributed by atoms with Gasteiger partial charge in [0.1, 0.15) is 5.75 Å². The van der Waals surface area contributed by atoms with Crippen LogP contribution in [0, 0.1) is 0 Å². The first-order valence-corrected chi connectivity index (χ1v) is 9.37. The largest absolute Gasteiger partial charge is 0.573 e. The quantitative estimate of drug-likeness (QED) is 0.707. The first kappa shape index (κ1) is 18.1. The van der Waals surface area contributed by atoms with E-state index in [1.807, 2.05) is 22.2 Å². The van der Waals surface area contributed by atoms with Crippen molar-refractivity contribution in [3.8, 4) is 5.75 Å². The van der Waals surface area contributed by atoms with E-state index < -0.39 is 6.36 Å². The van der Waals surface area contributed by atoms with Crippen LogP contribution in [0.3, 0.4) is 0 Å². The molecule has 1 aromatic heterocycles. The van der Waals surface area contributed by atoms with Gasteiger partial charge < -0.3 is 15.0 Å². The van der Waals surface area contributed by atoms with Crippen LogP contribution in [-0.4, -0.2) is 36.5 Å². The third-order valence-electron chi connectivity index (χ3n) is 4.36. The van der Waals surface area contributed by atoms with Crippen molar-refractivity contribution in [2.24, 2.45) is 0 Å². The topological polar surface area (TPSA) is 29.4 Å². The molecule has 2 aromatic carbocycles. The van der Waals surface area contributed by atoms with E-state index in [0.717, 1.165) is 42.8 Å². The van der Waals surface area contributed by atoms with Gasteiger partial charge in [0.25, 0.3) is 0 Å². The fourth-order valence-corrected chi connectivity index (χ4v) is 4.15. The second kappa shape index (κ2) is 7.36. The number of halogens is 3. The molecule has 27 heavy (non-hydrogen) atoms. The summed E-state index contributed by atoms with van der Waals surface area (Å²) in [5, 5.41) is 4.48. The fourth-order valence-electron chi connectivity index (χ4n) is 3.21. The van der Waals surface area contributed by atoms with Crippen LogP contribution in [0.2, 0.25) is 0 Å².